The Morgan fingerprint density at radius 2 is 1.65 bits per heavy atom. The van der Waals surface area contributed by atoms with Gasteiger partial charge in [-0.05, 0) is 48.9 Å². The number of anilines is 2. The first kappa shape index (κ1) is 14.8. The van der Waals surface area contributed by atoms with Crippen molar-refractivity contribution in [2.75, 3.05) is 10.1 Å². The Bertz CT molecular complexity index is 715. The number of sulfonamides is 1. The summed E-state index contributed by atoms with van der Waals surface area (Å²) in [7, 11) is -3.61. The summed E-state index contributed by atoms with van der Waals surface area (Å²) in [6.07, 6.45) is 0. The van der Waals surface area contributed by atoms with Crippen LogP contribution in [0, 0.1) is 6.92 Å². The summed E-state index contributed by atoms with van der Waals surface area (Å²) in [5.74, 6) is 5.24. The van der Waals surface area contributed by atoms with Gasteiger partial charge in [0.05, 0.1) is 4.90 Å². The number of benzene rings is 2. The van der Waals surface area contributed by atoms with Crippen molar-refractivity contribution in [3.63, 3.8) is 0 Å². The maximum atomic E-state index is 12.2. The maximum absolute atomic E-state index is 12.2. The normalized spacial score (nSPS) is 11.2. The van der Waals surface area contributed by atoms with Crippen LogP contribution in [0.15, 0.2) is 51.8 Å². The van der Waals surface area contributed by atoms with Crippen molar-refractivity contribution in [2.24, 2.45) is 5.84 Å². The van der Waals surface area contributed by atoms with E-state index in [2.05, 4.69) is 26.1 Å². The van der Waals surface area contributed by atoms with Gasteiger partial charge in [-0.25, -0.2) is 8.42 Å². The molecule has 0 fully saturated rings. The number of hydrazine groups is 1. The molecule has 0 unspecified atom stereocenters. The van der Waals surface area contributed by atoms with E-state index in [0.29, 0.717) is 11.4 Å². The molecule has 0 bridgehead atoms. The predicted molar refractivity (Wildman–Crippen MR) is 83.9 cm³/mol. The number of nitrogens with two attached hydrogens (primary N) is 1. The van der Waals surface area contributed by atoms with Crippen molar-refractivity contribution >= 4 is 37.3 Å². The molecule has 0 radical (unpaired) electrons. The zero-order valence-electron chi connectivity index (χ0n) is 10.7. The molecule has 5 nitrogen and oxygen atoms in total. The van der Waals surface area contributed by atoms with E-state index < -0.39 is 10.0 Å². The second kappa shape index (κ2) is 5.82. The molecule has 106 valence electrons. The van der Waals surface area contributed by atoms with Gasteiger partial charge in [0.25, 0.3) is 10.0 Å². The average Bonchev–Trinajstić information content (AvgIpc) is 2.43. The fourth-order valence-corrected chi connectivity index (χ4v) is 3.03. The van der Waals surface area contributed by atoms with Gasteiger partial charge >= 0.3 is 0 Å². The second-order valence-corrected chi connectivity index (χ2v) is 6.77. The molecule has 0 spiro atoms. The minimum Gasteiger partial charge on any atom is -0.324 e. The van der Waals surface area contributed by atoms with Crippen molar-refractivity contribution in [1.29, 1.82) is 0 Å². The third-order valence-electron chi connectivity index (χ3n) is 2.76. The van der Waals surface area contributed by atoms with Gasteiger partial charge in [-0.2, -0.15) is 0 Å². The van der Waals surface area contributed by atoms with Crippen LogP contribution < -0.4 is 16.0 Å². The van der Waals surface area contributed by atoms with Gasteiger partial charge in [-0.15, -0.1) is 0 Å². The molecule has 2 aromatic rings. The summed E-state index contributed by atoms with van der Waals surface area (Å²) in [5.41, 5.74) is 4.63. The second-order valence-electron chi connectivity index (χ2n) is 4.24. The molecular weight excluding hydrogens is 342 g/mol. The van der Waals surface area contributed by atoms with Gasteiger partial charge in [0.15, 0.2) is 0 Å². The number of nitrogen functional groups attached to an aromatic ring is 1. The first-order valence-corrected chi connectivity index (χ1v) is 8.05. The van der Waals surface area contributed by atoms with E-state index in [9.17, 15) is 8.42 Å². The van der Waals surface area contributed by atoms with Crippen molar-refractivity contribution in [3.05, 3.63) is 52.5 Å². The molecule has 0 saturated carbocycles. The third kappa shape index (κ3) is 3.30. The van der Waals surface area contributed by atoms with Crippen molar-refractivity contribution in [1.82, 2.24) is 0 Å². The highest BCUT2D eigenvalue weighted by molar-refractivity contribution is 9.10. The molecule has 0 amide bonds. The summed E-state index contributed by atoms with van der Waals surface area (Å²) >= 11 is 3.37. The molecule has 0 saturated heterocycles. The minimum absolute atomic E-state index is 0.174. The zero-order valence-corrected chi connectivity index (χ0v) is 13.1. The van der Waals surface area contributed by atoms with Crippen LogP contribution in [0.2, 0.25) is 0 Å². The number of hydrogen-bond donors (Lipinski definition) is 3. The van der Waals surface area contributed by atoms with Crippen LogP contribution in [0.4, 0.5) is 11.4 Å². The molecule has 0 atom stereocenters. The third-order valence-corrected chi connectivity index (χ3v) is 5.01. The van der Waals surface area contributed by atoms with Crippen molar-refractivity contribution in [2.45, 2.75) is 11.8 Å². The monoisotopic (exact) mass is 355 g/mol. The highest BCUT2D eigenvalue weighted by Crippen LogP contribution is 2.23. The summed E-state index contributed by atoms with van der Waals surface area (Å²) in [4.78, 5) is 0.174. The van der Waals surface area contributed by atoms with E-state index in [1.807, 2.05) is 13.0 Å². The molecule has 0 aromatic heterocycles. The predicted octanol–water partition coefficient (Wildman–Crippen LogP) is 2.84. The van der Waals surface area contributed by atoms with Crippen LogP contribution in [0.1, 0.15) is 5.56 Å². The molecule has 0 aliphatic rings. The van der Waals surface area contributed by atoms with Crippen LogP contribution >= 0.6 is 15.9 Å². The van der Waals surface area contributed by atoms with Crippen LogP contribution in [0.3, 0.4) is 0 Å². The number of aryl methyl sites for hydroxylation is 1. The topological polar surface area (TPSA) is 84.2 Å². The maximum Gasteiger partial charge on any atom is 0.261 e. The van der Waals surface area contributed by atoms with Crippen molar-refractivity contribution < 1.29 is 8.42 Å². The quantitative estimate of drug-likeness (QED) is 0.581. The Balaban J connectivity index is 2.27. The summed E-state index contributed by atoms with van der Waals surface area (Å²) in [6.45, 7) is 1.93. The largest absolute Gasteiger partial charge is 0.324 e. The lowest BCUT2D eigenvalue weighted by molar-refractivity contribution is 0.601. The summed E-state index contributed by atoms with van der Waals surface area (Å²) < 4.78 is 27.8. The molecule has 2 rings (SSSR count). The first-order chi connectivity index (χ1) is 9.42. The van der Waals surface area contributed by atoms with Gasteiger partial charge in [0.1, 0.15) is 0 Å². The van der Waals surface area contributed by atoms with Gasteiger partial charge in [-0.1, -0.05) is 22.0 Å². The van der Waals surface area contributed by atoms with E-state index in [-0.39, 0.29) is 4.90 Å². The lowest BCUT2D eigenvalue weighted by Crippen LogP contribution is -2.13. The van der Waals surface area contributed by atoms with E-state index in [1.54, 1.807) is 24.3 Å². The molecular formula is C13H14BrN3O2S. The number of halogens is 1. The SMILES string of the molecule is Cc1ccc(NS(=O)(=O)c2ccc(NN)cc2)cc1Br. The lowest BCUT2D eigenvalue weighted by Gasteiger charge is -2.10. The average molecular weight is 356 g/mol. The molecule has 7 heteroatoms. The van der Waals surface area contributed by atoms with Gasteiger partial charge in [0, 0.05) is 15.8 Å². The smallest absolute Gasteiger partial charge is 0.261 e. The molecule has 20 heavy (non-hydrogen) atoms. The van der Waals surface area contributed by atoms with Gasteiger partial charge in [0.2, 0.25) is 0 Å². The van der Waals surface area contributed by atoms with E-state index >= 15 is 0 Å². The zero-order chi connectivity index (χ0) is 14.8. The van der Waals surface area contributed by atoms with Crippen LogP contribution in [-0.4, -0.2) is 8.42 Å². The Morgan fingerprint density at radius 3 is 2.20 bits per heavy atom. The van der Waals surface area contributed by atoms with Gasteiger partial charge in [-0.3, -0.25) is 10.6 Å². The van der Waals surface area contributed by atoms with E-state index in [4.69, 9.17) is 5.84 Å². The van der Waals surface area contributed by atoms with Crippen LogP contribution in [0.5, 0.6) is 0 Å². The molecule has 0 aliphatic carbocycles. The molecule has 0 aliphatic heterocycles. The lowest BCUT2D eigenvalue weighted by atomic mass is 10.2. The van der Waals surface area contributed by atoms with E-state index in [0.717, 1.165) is 10.0 Å². The fourth-order valence-electron chi connectivity index (χ4n) is 1.60. The fraction of sp³-hybridized carbons (Fsp3) is 0.0769. The number of nitrogens with one attached hydrogen (secondary N) is 2. The summed E-state index contributed by atoms with van der Waals surface area (Å²) in [6, 6.07) is 11.4. The highest BCUT2D eigenvalue weighted by atomic mass is 79.9. The van der Waals surface area contributed by atoms with Crippen LogP contribution in [0.25, 0.3) is 0 Å². The highest BCUT2D eigenvalue weighted by Gasteiger charge is 2.14. The first-order valence-electron chi connectivity index (χ1n) is 5.78. The molecule has 0 heterocycles. The van der Waals surface area contributed by atoms with Crippen LogP contribution in [-0.2, 0) is 10.0 Å². The molecule has 4 N–H and O–H groups in total. The standard InChI is InChI=1S/C13H14BrN3O2S/c1-9-2-3-11(8-13(9)14)17-20(18,19)12-6-4-10(16-15)5-7-12/h2-8,16-17H,15H2,1H3. The van der Waals surface area contributed by atoms with Crippen molar-refractivity contribution in [3.8, 4) is 0 Å². The Kier molecular flexibility index (Phi) is 4.32. The van der Waals surface area contributed by atoms with Gasteiger partial charge < -0.3 is 5.43 Å². The Labute approximate surface area is 126 Å². The Hall–Kier alpha value is -1.57. The minimum atomic E-state index is -3.61. The Morgan fingerprint density at radius 1 is 1.05 bits per heavy atom. The number of hydrogen-bond acceptors (Lipinski definition) is 4. The molecule has 2 aromatic carbocycles. The summed E-state index contributed by atoms with van der Waals surface area (Å²) in [5, 5.41) is 0. The van der Waals surface area contributed by atoms with E-state index in [1.165, 1.54) is 12.1 Å². The number of rotatable bonds is 4.